The highest BCUT2D eigenvalue weighted by atomic mass is 16.4. The standard InChI is InChI=1S/C16H28N2O4/c17-13(15(20)21)8-4-7-11-18-14(19)12-16(22)9-5-2-1-3-6-10-16/h2,5,13,22H,1,3-4,6-12,17H2,(H,18,19)(H,20,21)/b5-2-/t13-,16?/m0/s1. The molecule has 0 fully saturated rings. The molecule has 2 atom stereocenters. The predicted octanol–water partition coefficient (Wildman–Crippen LogP) is 1.33. The molecule has 0 saturated heterocycles. The van der Waals surface area contributed by atoms with Gasteiger partial charge in [0.05, 0.1) is 12.0 Å². The van der Waals surface area contributed by atoms with Crippen LogP contribution in [0.5, 0.6) is 0 Å². The zero-order chi connectivity index (χ0) is 16.4. The van der Waals surface area contributed by atoms with Gasteiger partial charge in [-0.1, -0.05) is 18.6 Å². The molecule has 1 unspecified atom stereocenters. The Bertz CT molecular complexity index is 398. The van der Waals surface area contributed by atoms with Crippen molar-refractivity contribution in [3.8, 4) is 0 Å². The molecule has 126 valence electrons. The fraction of sp³-hybridized carbons (Fsp3) is 0.750. The topological polar surface area (TPSA) is 113 Å². The summed E-state index contributed by atoms with van der Waals surface area (Å²) in [6, 6.07) is -0.835. The van der Waals surface area contributed by atoms with E-state index in [2.05, 4.69) is 11.4 Å². The molecule has 0 spiro atoms. The van der Waals surface area contributed by atoms with Crippen LogP contribution in [0.1, 0.15) is 57.8 Å². The number of rotatable bonds is 8. The number of carboxylic acid groups (broad SMARTS) is 1. The molecular weight excluding hydrogens is 284 g/mol. The van der Waals surface area contributed by atoms with Crippen LogP contribution < -0.4 is 11.1 Å². The van der Waals surface area contributed by atoms with E-state index in [0.29, 0.717) is 38.6 Å². The van der Waals surface area contributed by atoms with Gasteiger partial charge >= 0.3 is 5.97 Å². The first-order valence-corrected chi connectivity index (χ1v) is 8.05. The Morgan fingerprint density at radius 1 is 1.27 bits per heavy atom. The average Bonchev–Trinajstić information content (AvgIpc) is 2.43. The number of amides is 1. The molecule has 0 aromatic rings. The Morgan fingerprint density at radius 3 is 2.77 bits per heavy atom. The minimum absolute atomic E-state index is 0.117. The van der Waals surface area contributed by atoms with Crippen molar-refractivity contribution in [3.05, 3.63) is 12.2 Å². The summed E-state index contributed by atoms with van der Waals surface area (Å²) in [5.74, 6) is -1.15. The van der Waals surface area contributed by atoms with Gasteiger partial charge in [0.2, 0.25) is 5.91 Å². The number of aliphatic carboxylic acids is 1. The second-order valence-corrected chi connectivity index (χ2v) is 6.11. The van der Waals surface area contributed by atoms with E-state index in [4.69, 9.17) is 10.8 Å². The van der Waals surface area contributed by atoms with Crippen LogP contribution in [0.4, 0.5) is 0 Å². The van der Waals surface area contributed by atoms with E-state index < -0.39 is 17.6 Å². The molecule has 0 saturated carbocycles. The van der Waals surface area contributed by atoms with E-state index in [1.807, 2.05) is 6.08 Å². The Hall–Kier alpha value is -1.40. The molecule has 1 rings (SSSR count). The van der Waals surface area contributed by atoms with Gasteiger partial charge < -0.3 is 21.3 Å². The number of allylic oxidation sites excluding steroid dienone is 1. The molecule has 0 aromatic heterocycles. The van der Waals surface area contributed by atoms with Gasteiger partial charge in [0.1, 0.15) is 6.04 Å². The first kappa shape index (κ1) is 18.6. The Kier molecular flexibility index (Phi) is 8.12. The van der Waals surface area contributed by atoms with Gasteiger partial charge in [0, 0.05) is 6.54 Å². The molecule has 1 amide bonds. The van der Waals surface area contributed by atoms with Crippen LogP contribution in [0.3, 0.4) is 0 Å². The van der Waals surface area contributed by atoms with Crippen molar-refractivity contribution in [1.82, 2.24) is 5.32 Å². The number of carbonyl (C=O) groups is 2. The number of nitrogens with two attached hydrogens (primary N) is 1. The van der Waals surface area contributed by atoms with Gasteiger partial charge in [0.15, 0.2) is 0 Å². The molecule has 6 heteroatoms. The van der Waals surface area contributed by atoms with E-state index >= 15 is 0 Å². The maximum Gasteiger partial charge on any atom is 0.320 e. The van der Waals surface area contributed by atoms with Crippen LogP contribution in [-0.2, 0) is 9.59 Å². The number of hydrogen-bond donors (Lipinski definition) is 4. The maximum absolute atomic E-state index is 11.9. The van der Waals surface area contributed by atoms with Gasteiger partial charge in [-0.15, -0.1) is 0 Å². The summed E-state index contributed by atoms with van der Waals surface area (Å²) >= 11 is 0. The lowest BCUT2D eigenvalue weighted by Gasteiger charge is -2.27. The molecule has 0 radical (unpaired) electrons. The highest BCUT2D eigenvalue weighted by molar-refractivity contribution is 5.77. The summed E-state index contributed by atoms with van der Waals surface area (Å²) in [5.41, 5.74) is 4.46. The maximum atomic E-state index is 11.9. The normalized spacial score (nSPS) is 24.8. The second-order valence-electron chi connectivity index (χ2n) is 6.11. The zero-order valence-corrected chi connectivity index (χ0v) is 13.1. The zero-order valence-electron chi connectivity index (χ0n) is 13.1. The monoisotopic (exact) mass is 312 g/mol. The predicted molar refractivity (Wildman–Crippen MR) is 84.3 cm³/mol. The third-order valence-corrected chi connectivity index (χ3v) is 4.00. The third-order valence-electron chi connectivity index (χ3n) is 4.00. The van der Waals surface area contributed by atoms with Crippen LogP contribution in [-0.4, -0.2) is 40.3 Å². The molecule has 1 aliphatic rings. The molecule has 0 bridgehead atoms. The Labute approximate surface area is 131 Å². The highest BCUT2D eigenvalue weighted by Gasteiger charge is 2.28. The van der Waals surface area contributed by atoms with Gasteiger partial charge in [-0.2, -0.15) is 0 Å². The van der Waals surface area contributed by atoms with Crippen molar-refractivity contribution in [2.24, 2.45) is 5.73 Å². The van der Waals surface area contributed by atoms with Crippen LogP contribution in [0.15, 0.2) is 12.2 Å². The lowest BCUT2D eigenvalue weighted by atomic mass is 9.87. The Balaban J connectivity index is 2.20. The first-order valence-electron chi connectivity index (χ1n) is 8.05. The van der Waals surface area contributed by atoms with Crippen molar-refractivity contribution in [2.45, 2.75) is 69.4 Å². The number of carbonyl (C=O) groups excluding carboxylic acids is 1. The molecule has 1 aliphatic carbocycles. The summed E-state index contributed by atoms with van der Waals surface area (Å²) < 4.78 is 0. The molecule has 5 N–H and O–H groups in total. The first-order chi connectivity index (χ1) is 10.4. The number of unbranched alkanes of at least 4 members (excludes halogenated alkanes) is 1. The molecule has 0 aliphatic heterocycles. The smallest absolute Gasteiger partial charge is 0.320 e. The van der Waals surface area contributed by atoms with Gasteiger partial charge in [-0.25, -0.2) is 0 Å². The molecule has 0 aromatic carbocycles. The summed E-state index contributed by atoms with van der Waals surface area (Å²) in [6.07, 6.45) is 10.1. The largest absolute Gasteiger partial charge is 0.480 e. The van der Waals surface area contributed by atoms with Crippen LogP contribution in [0.25, 0.3) is 0 Å². The molecule has 0 heterocycles. The number of carboxylic acids is 1. The quantitative estimate of drug-likeness (QED) is 0.399. The second kappa shape index (κ2) is 9.58. The average molecular weight is 312 g/mol. The highest BCUT2D eigenvalue weighted by Crippen LogP contribution is 2.26. The molecule has 22 heavy (non-hydrogen) atoms. The van der Waals surface area contributed by atoms with Crippen LogP contribution in [0.2, 0.25) is 0 Å². The Morgan fingerprint density at radius 2 is 2.05 bits per heavy atom. The molecule has 6 nitrogen and oxygen atoms in total. The van der Waals surface area contributed by atoms with Crippen LogP contribution in [0, 0.1) is 0 Å². The van der Waals surface area contributed by atoms with E-state index in [-0.39, 0.29) is 12.3 Å². The van der Waals surface area contributed by atoms with Gasteiger partial charge in [0.25, 0.3) is 0 Å². The lowest BCUT2D eigenvalue weighted by Crippen LogP contribution is -2.37. The summed E-state index contributed by atoms with van der Waals surface area (Å²) in [7, 11) is 0. The van der Waals surface area contributed by atoms with Crippen LogP contribution >= 0.6 is 0 Å². The number of hydrogen-bond acceptors (Lipinski definition) is 4. The van der Waals surface area contributed by atoms with E-state index in [0.717, 1.165) is 19.3 Å². The van der Waals surface area contributed by atoms with Crippen molar-refractivity contribution in [3.63, 3.8) is 0 Å². The lowest BCUT2D eigenvalue weighted by molar-refractivity contribution is -0.138. The summed E-state index contributed by atoms with van der Waals surface area (Å²) in [4.78, 5) is 22.5. The number of nitrogens with one attached hydrogen (secondary N) is 1. The molecular formula is C16H28N2O4. The van der Waals surface area contributed by atoms with E-state index in [1.165, 1.54) is 0 Å². The van der Waals surface area contributed by atoms with E-state index in [1.54, 1.807) is 0 Å². The fourth-order valence-corrected chi connectivity index (χ4v) is 2.60. The van der Waals surface area contributed by atoms with E-state index in [9.17, 15) is 14.7 Å². The van der Waals surface area contributed by atoms with Crippen molar-refractivity contribution >= 4 is 11.9 Å². The van der Waals surface area contributed by atoms with Gasteiger partial charge in [-0.05, 0) is 44.9 Å². The van der Waals surface area contributed by atoms with Crippen molar-refractivity contribution in [1.29, 1.82) is 0 Å². The van der Waals surface area contributed by atoms with Gasteiger partial charge in [-0.3, -0.25) is 9.59 Å². The summed E-state index contributed by atoms with van der Waals surface area (Å²) in [5, 5.41) is 21.9. The van der Waals surface area contributed by atoms with Crippen molar-refractivity contribution in [2.75, 3.05) is 6.54 Å². The minimum Gasteiger partial charge on any atom is -0.480 e. The summed E-state index contributed by atoms with van der Waals surface area (Å²) in [6.45, 7) is 0.483. The fourth-order valence-electron chi connectivity index (χ4n) is 2.60. The SMILES string of the molecule is N[C@@H](CCCCNC(=O)CC1(O)C/C=C\CCCC1)C(=O)O. The number of aliphatic hydroxyl groups is 1. The third kappa shape index (κ3) is 7.56. The minimum atomic E-state index is -0.997. The van der Waals surface area contributed by atoms with Crippen molar-refractivity contribution < 1.29 is 19.8 Å².